The molecule has 3 aromatic rings. The summed E-state index contributed by atoms with van der Waals surface area (Å²) in [5.41, 5.74) is 1.96. The van der Waals surface area contributed by atoms with Crippen LogP contribution in [0.5, 0.6) is 11.5 Å². The first-order chi connectivity index (χ1) is 13.4. The Morgan fingerprint density at radius 1 is 1.29 bits per heavy atom. The Kier molecular flexibility index (Phi) is 5.84. The van der Waals surface area contributed by atoms with Crippen LogP contribution >= 0.6 is 0 Å². The number of aryl methyl sites for hydroxylation is 1. The summed E-state index contributed by atoms with van der Waals surface area (Å²) >= 11 is 0. The number of methoxy groups -OCH3 is 1. The lowest BCUT2D eigenvalue weighted by Gasteiger charge is -2.20. The number of aromatic nitrogens is 4. The molecule has 0 saturated heterocycles. The van der Waals surface area contributed by atoms with Crippen molar-refractivity contribution in [1.29, 1.82) is 0 Å². The van der Waals surface area contributed by atoms with Gasteiger partial charge in [0.25, 0.3) is 0 Å². The number of aliphatic hydroxyl groups excluding tert-OH is 1. The van der Waals surface area contributed by atoms with Crippen molar-refractivity contribution in [2.45, 2.75) is 39.0 Å². The molecule has 0 radical (unpaired) electrons. The van der Waals surface area contributed by atoms with Gasteiger partial charge < -0.3 is 30.2 Å². The summed E-state index contributed by atoms with van der Waals surface area (Å²) in [5.74, 6) is 1.44. The maximum absolute atomic E-state index is 10.3. The van der Waals surface area contributed by atoms with Gasteiger partial charge in [-0.2, -0.15) is 9.97 Å². The fourth-order valence-corrected chi connectivity index (χ4v) is 2.98. The van der Waals surface area contributed by atoms with Crippen LogP contribution in [-0.2, 0) is 13.6 Å². The summed E-state index contributed by atoms with van der Waals surface area (Å²) in [4.78, 5) is 13.4. The number of fused-ring (bicyclic) bond motifs is 1. The van der Waals surface area contributed by atoms with Gasteiger partial charge in [0.1, 0.15) is 0 Å². The number of nitrogens with zero attached hydrogens (tertiary/aromatic N) is 4. The molecule has 28 heavy (non-hydrogen) atoms. The number of para-hydroxylation sites is 1. The van der Waals surface area contributed by atoms with Crippen LogP contribution in [0, 0.1) is 0 Å². The van der Waals surface area contributed by atoms with E-state index in [9.17, 15) is 10.2 Å². The maximum atomic E-state index is 10.3. The summed E-state index contributed by atoms with van der Waals surface area (Å²) in [6.45, 7) is 4.05. The van der Waals surface area contributed by atoms with E-state index < -0.39 is 6.10 Å². The van der Waals surface area contributed by atoms with Crippen molar-refractivity contribution in [3.8, 4) is 11.5 Å². The number of phenols is 1. The Bertz CT molecular complexity index is 956. The largest absolute Gasteiger partial charge is 0.504 e. The molecule has 0 bridgehead atoms. The lowest BCUT2D eigenvalue weighted by atomic mass is 10.1. The van der Waals surface area contributed by atoms with Crippen molar-refractivity contribution in [3.63, 3.8) is 0 Å². The Morgan fingerprint density at radius 2 is 2.07 bits per heavy atom. The first-order valence-corrected chi connectivity index (χ1v) is 9.17. The predicted molar refractivity (Wildman–Crippen MR) is 108 cm³/mol. The van der Waals surface area contributed by atoms with Crippen molar-refractivity contribution < 1.29 is 14.9 Å². The van der Waals surface area contributed by atoms with Crippen molar-refractivity contribution >= 4 is 22.9 Å². The Hall–Kier alpha value is -3.07. The Labute approximate surface area is 163 Å². The monoisotopic (exact) mass is 386 g/mol. The van der Waals surface area contributed by atoms with Crippen LogP contribution < -0.4 is 15.4 Å². The van der Waals surface area contributed by atoms with Gasteiger partial charge >= 0.3 is 0 Å². The molecule has 150 valence electrons. The van der Waals surface area contributed by atoms with E-state index in [-0.39, 0.29) is 11.8 Å². The molecule has 1 aromatic carbocycles. The first-order valence-electron chi connectivity index (χ1n) is 9.17. The summed E-state index contributed by atoms with van der Waals surface area (Å²) in [6.07, 6.45) is 1.86. The highest BCUT2D eigenvalue weighted by molar-refractivity contribution is 5.84. The molecular formula is C19H26N6O3. The van der Waals surface area contributed by atoms with E-state index in [0.717, 1.165) is 6.42 Å². The number of imidazole rings is 1. The standard InChI is InChI=1S/C19H26N6O3/c1-5-13(11(2)26)22-19-23-17(15-18(24-19)25(3)10-21-15)20-9-12-7-6-8-14(28-4)16(12)27/h6-8,10-11,13,26-27H,5,9H2,1-4H3,(H2,20,22,23,24). The summed E-state index contributed by atoms with van der Waals surface area (Å²) in [5, 5.41) is 26.6. The number of hydrogen-bond donors (Lipinski definition) is 4. The van der Waals surface area contributed by atoms with Gasteiger partial charge in [-0.3, -0.25) is 0 Å². The highest BCUT2D eigenvalue weighted by atomic mass is 16.5. The van der Waals surface area contributed by atoms with E-state index in [1.165, 1.54) is 7.11 Å². The van der Waals surface area contributed by atoms with Crippen LogP contribution in [0.25, 0.3) is 11.2 Å². The highest BCUT2D eigenvalue weighted by Crippen LogP contribution is 2.30. The van der Waals surface area contributed by atoms with Crippen LogP contribution in [0.2, 0.25) is 0 Å². The highest BCUT2D eigenvalue weighted by Gasteiger charge is 2.17. The third-order valence-electron chi connectivity index (χ3n) is 4.65. The predicted octanol–water partition coefficient (Wildman–Crippen LogP) is 2.26. The molecule has 2 unspecified atom stereocenters. The van der Waals surface area contributed by atoms with E-state index in [2.05, 4.69) is 25.6 Å². The molecule has 0 amide bonds. The second kappa shape index (κ2) is 8.30. The van der Waals surface area contributed by atoms with E-state index in [1.807, 2.05) is 20.0 Å². The third-order valence-corrected chi connectivity index (χ3v) is 4.65. The van der Waals surface area contributed by atoms with Gasteiger partial charge in [0, 0.05) is 19.2 Å². The van der Waals surface area contributed by atoms with Gasteiger partial charge in [0.2, 0.25) is 5.95 Å². The van der Waals surface area contributed by atoms with Crippen molar-refractivity contribution in [2.24, 2.45) is 7.05 Å². The lowest BCUT2D eigenvalue weighted by Crippen LogP contribution is -2.31. The van der Waals surface area contributed by atoms with Gasteiger partial charge in [-0.05, 0) is 19.4 Å². The van der Waals surface area contributed by atoms with Crippen LogP contribution in [0.3, 0.4) is 0 Å². The minimum atomic E-state index is -0.541. The average Bonchev–Trinajstić information content (AvgIpc) is 3.06. The fourth-order valence-electron chi connectivity index (χ4n) is 2.98. The van der Waals surface area contributed by atoms with E-state index in [1.54, 1.807) is 30.0 Å². The van der Waals surface area contributed by atoms with Crippen molar-refractivity contribution in [2.75, 3.05) is 17.7 Å². The number of aliphatic hydroxyl groups is 1. The van der Waals surface area contributed by atoms with Gasteiger partial charge in [0.15, 0.2) is 28.5 Å². The Morgan fingerprint density at radius 3 is 2.75 bits per heavy atom. The summed E-state index contributed by atoms with van der Waals surface area (Å²) in [6, 6.07) is 5.15. The number of anilines is 2. The number of aromatic hydroxyl groups is 1. The fraction of sp³-hybridized carbons (Fsp3) is 0.421. The third kappa shape index (κ3) is 3.94. The molecule has 0 aliphatic heterocycles. The molecule has 2 atom stereocenters. The normalized spacial score (nSPS) is 13.3. The molecule has 0 fully saturated rings. The SMILES string of the molecule is CCC(Nc1nc(NCc2cccc(OC)c2O)c2ncn(C)c2n1)C(C)O. The smallest absolute Gasteiger partial charge is 0.227 e. The number of ether oxygens (including phenoxy) is 1. The summed E-state index contributed by atoms with van der Waals surface area (Å²) in [7, 11) is 3.37. The number of phenolic OH excluding ortho intramolecular Hbond substituents is 1. The quantitative estimate of drug-likeness (QED) is 0.466. The van der Waals surface area contributed by atoms with Crippen LogP contribution in [0.4, 0.5) is 11.8 Å². The van der Waals surface area contributed by atoms with Crippen molar-refractivity contribution in [3.05, 3.63) is 30.1 Å². The zero-order valence-electron chi connectivity index (χ0n) is 16.5. The lowest BCUT2D eigenvalue weighted by molar-refractivity contribution is 0.169. The van der Waals surface area contributed by atoms with Gasteiger partial charge in [-0.15, -0.1) is 0 Å². The van der Waals surface area contributed by atoms with Crippen LogP contribution in [0.15, 0.2) is 24.5 Å². The van der Waals surface area contributed by atoms with Gasteiger partial charge in [-0.25, -0.2) is 4.98 Å². The van der Waals surface area contributed by atoms with E-state index in [4.69, 9.17) is 4.74 Å². The zero-order valence-corrected chi connectivity index (χ0v) is 16.5. The number of hydrogen-bond acceptors (Lipinski definition) is 8. The van der Waals surface area contributed by atoms with Crippen LogP contribution in [0.1, 0.15) is 25.8 Å². The molecule has 4 N–H and O–H groups in total. The number of nitrogens with one attached hydrogen (secondary N) is 2. The number of rotatable bonds is 8. The average molecular weight is 386 g/mol. The molecule has 0 aliphatic carbocycles. The molecule has 9 nitrogen and oxygen atoms in total. The van der Waals surface area contributed by atoms with Crippen molar-refractivity contribution in [1.82, 2.24) is 19.5 Å². The molecule has 2 aromatic heterocycles. The molecule has 0 saturated carbocycles. The minimum absolute atomic E-state index is 0.0855. The molecule has 2 heterocycles. The topological polar surface area (TPSA) is 117 Å². The number of benzene rings is 1. The molecule has 0 spiro atoms. The van der Waals surface area contributed by atoms with E-state index in [0.29, 0.717) is 40.8 Å². The minimum Gasteiger partial charge on any atom is -0.504 e. The van der Waals surface area contributed by atoms with Crippen LogP contribution in [-0.4, -0.2) is 49.0 Å². The summed E-state index contributed by atoms with van der Waals surface area (Å²) < 4.78 is 6.96. The first kappa shape index (κ1) is 19.7. The molecule has 9 heteroatoms. The van der Waals surface area contributed by atoms with Gasteiger partial charge in [-0.1, -0.05) is 19.1 Å². The molecule has 0 aliphatic rings. The second-order valence-corrected chi connectivity index (χ2v) is 6.64. The maximum Gasteiger partial charge on any atom is 0.227 e. The second-order valence-electron chi connectivity index (χ2n) is 6.64. The van der Waals surface area contributed by atoms with Gasteiger partial charge in [0.05, 0.1) is 25.6 Å². The molecule has 3 rings (SSSR count). The zero-order chi connectivity index (χ0) is 20.3. The molecular weight excluding hydrogens is 360 g/mol. The Balaban J connectivity index is 1.91. The van der Waals surface area contributed by atoms with E-state index >= 15 is 0 Å².